The van der Waals surface area contributed by atoms with Crippen LogP contribution >= 0.6 is 0 Å². The van der Waals surface area contributed by atoms with E-state index in [0.717, 1.165) is 38.2 Å². The number of ether oxygens (including phenoxy) is 2. The fourth-order valence-electron chi connectivity index (χ4n) is 4.40. The van der Waals surface area contributed by atoms with Gasteiger partial charge in [0.15, 0.2) is 0 Å². The van der Waals surface area contributed by atoms with Crippen molar-refractivity contribution in [1.29, 1.82) is 0 Å². The summed E-state index contributed by atoms with van der Waals surface area (Å²) in [5.74, 6) is 1.63. The maximum atomic E-state index is 6.12. The summed E-state index contributed by atoms with van der Waals surface area (Å²) in [6, 6.07) is 0.695. The summed E-state index contributed by atoms with van der Waals surface area (Å²) in [7, 11) is 0. The van der Waals surface area contributed by atoms with Gasteiger partial charge in [-0.05, 0) is 69.7 Å². The van der Waals surface area contributed by atoms with Crippen LogP contribution in [-0.2, 0) is 9.47 Å². The topological polar surface area (TPSA) is 30.5 Å². The molecule has 2 unspecified atom stereocenters. The van der Waals surface area contributed by atoms with E-state index in [9.17, 15) is 0 Å². The third kappa shape index (κ3) is 3.20. The number of hydrogen-bond acceptors (Lipinski definition) is 3. The van der Waals surface area contributed by atoms with Gasteiger partial charge in [0, 0.05) is 25.9 Å². The molecule has 3 fully saturated rings. The molecule has 0 amide bonds. The average molecular weight is 281 g/mol. The van der Waals surface area contributed by atoms with Gasteiger partial charge in [-0.25, -0.2) is 0 Å². The van der Waals surface area contributed by atoms with E-state index in [1.165, 1.54) is 51.4 Å². The van der Waals surface area contributed by atoms with Crippen molar-refractivity contribution in [2.24, 2.45) is 11.8 Å². The molecule has 0 aromatic rings. The quantitative estimate of drug-likeness (QED) is 0.840. The third-order valence-corrected chi connectivity index (χ3v) is 5.71. The van der Waals surface area contributed by atoms with Crippen LogP contribution in [-0.4, -0.2) is 38.0 Å². The zero-order valence-corrected chi connectivity index (χ0v) is 13.0. The lowest BCUT2D eigenvalue weighted by molar-refractivity contribution is -0.150. The summed E-state index contributed by atoms with van der Waals surface area (Å²) in [6.45, 7) is 6.34. The minimum atomic E-state index is 0.278. The highest BCUT2D eigenvalue weighted by Gasteiger charge is 2.45. The predicted molar refractivity (Wildman–Crippen MR) is 80.9 cm³/mol. The summed E-state index contributed by atoms with van der Waals surface area (Å²) in [5.41, 5.74) is 0.278. The first-order valence-corrected chi connectivity index (χ1v) is 8.78. The van der Waals surface area contributed by atoms with Crippen LogP contribution in [0.2, 0.25) is 0 Å². The molecule has 1 N–H and O–H groups in total. The van der Waals surface area contributed by atoms with Gasteiger partial charge in [0.1, 0.15) is 0 Å². The highest BCUT2D eigenvalue weighted by atomic mass is 16.5. The van der Waals surface area contributed by atoms with Gasteiger partial charge in [-0.2, -0.15) is 0 Å². The molecule has 2 aliphatic heterocycles. The molecule has 0 radical (unpaired) electrons. The first-order chi connectivity index (χ1) is 9.83. The number of hydrogen-bond donors (Lipinski definition) is 1. The second-order valence-corrected chi connectivity index (χ2v) is 7.07. The summed E-state index contributed by atoms with van der Waals surface area (Å²) in [6.07, 6.45) is 10.2. The van der Waals surface area contributed by atoms with Crippen LogP contribution in [0, 0.1) is 11.8 Å². The van der Waals surface area contributed by atoms with Gasteiger partial charge in [-0.1, -0.05) is 6.92 Å². The SMILES string of the molecule is CCCNC(C1CCOCC1)C1CCOC2(CCC2)C1. The van der Waals surface area contributed by atoms with Crippen LogP contribution in [0.25, 0.3) is 0 Å². The normalized spacial score (nSPS) is 31.9. The Bertz CT molecular complexity index is 297. The van der Waals surface area contributed by atoms with E-state index in [1.807, 2.05) is 0 Å². The largest absolute Gasteiger partial charge is 0.381 e. The van der Waals surface area contributed by atoms with E-state index in [2.05, 4.69) is 12.2 Å². The molecule has 1 aliphatic carbocycles. The molecule has 0 bridgehead atoms. The Morgan fingerprint density at radius 1 is 1.10 bits per heavy atom. The van der Waals surface area contributed by atoms with Crippen molar-refractivity contribution in [3.8, 4) is 0 Å². The van der Waals surface area contributed by atoms with Gasteiger partial charge in [-0.15, -0.1) is 0 Å². The van der Waals surface area contributed by atoms with Gasteiger partial charge in [-0.3, -0.25) is 0 Å². The Balaban J connectivity index is 1.63. The van der Waals surface area contributed by atoms with Crippen molar-refractivity contribution in [2.45, 2.75) is 69.9 Å². The van der Waals surface area contributed by atoms with Crippen molar-refractivity contribution in [3.05, 3.63) is 0 Å². The Labute approximate surface area is 123 Å². The molecule has 2 saturated heterocycles. The van der Waals surface area contributed by atoms with Crippen molar-refractivity contribution in [3.63, 3.8) is 0 Å². The number of nitrogens with one attached hydrogen (secondary N) is 1. The van der Waals surface area contributed by atoms with E-state index < -0.39 is 0 Å². The maximum Gasteiger partial charge on any atom is 0.0685 e. The smallest absolute Gasteiger partial charge is 0.0685 e. The van der Waals surface area contributed by atoms with Crippen LogP contribution in [0.15, 0.2) is 0 Å². The van der Waals surface area contributed by atoms with E-state index in [-0.39, 0.29) is 5.60 Å². The molecule has 3 rings (SSSR count). The molecule has 116 valence electrons. The molecular weight excluding hydrogens is 250 g/mol. The van der Waals surface area contributed by atoms with Gasteiger partial charge in [0.05, 0.1) is 5.60 Å². The summed E-state index contributed by atoms with van der Waals surface area (Å²) < 4.78 is 11.7. The summed E-state index contributed by atoms with van der Waals surface area (Å²) in [4.78, 5) is 0. The fraction of sp³-hybridized carbons (Fsp3) is 1.00. The third-order valence-electron chi connectivity index (χ3n) is 5.71. The Morgan fingerprint density at radius 3 is 2.50 bits per heavy atom. The number of rotatable bonds is 5. The highest BCUT2D eigenvalue weighted by molar-refractivity contribution is 4.98. The Morgan fingerprint density at radius 2 is 1.85 bits per heavy atom. The van der Waals surface area contributed by atoms with E-state index >= 15 is 0 Å². The molecule has 2 heterocycles. The molecule has 3 heteroatoms. The van der Waals surface area contributed by atoms with Crippen LogP contribution in [0.4, 0.5) is 0 Å². The Kier molecular flexibility index (Phi) is 5.00. The molecule has 2 atom stereocenters. The molecule has 1 saturated carbocycles. The Hall–Kier alpha value is -0.120. The van der Waals surface area contributed by atoms with Gasteiger partial charge in [0.2, 0.25) is 0 Å². The predicted octanol–water partition coefficient (Wildman–Crippen LogP) is 3.13. The lowest BCUT2D eigenvalue weighted by Gasteiger charge is -2.50. The molecule has 1 spiro atoms. The van der Waals surface area contributed by atoms with Gasteiger partial charge >= 0.3 is 0 Å². The summed E-state index contributed by atoms with van der Waals surface area (Å²) >= 11 is 0. The molecule has 0 aromatic carbocycles. The molecule has 0 aromatic heterocycles. The van der Waals surface area contributed by atoms with Crippen molar-refractivity contribution < 1.29 is 9.47 Å². The van der Waals surface area contributed by atoms with Crippen molar-refractivity contribution in [2.75, 3.05) is 26.4 Å². The summed E-state index contributed by atoms with van der Waals surface area (Å²) in [5, 5.41) is 3.88. The first-order valence-electron chi connectivity index (χ1n) is 8.78. The second kappa shape index (κ2) is 6.76. The lowest BCUT2D eigenvalue weighted by atomic mass is 9.68. The van der Waals surface area contributed by atoms with Gasteiger partial charge in [0.25, 0.3) is 0 Å². The molecule has 20 heavy (non-hydrogen) atoms. The van der Waals surface area contributed by atoms with Crippen LogP contribution in [0.1, 0.15) is 58.3 Å². The average Bonchev–Trinajstić information content (AvgIpc) is 2.47. The van der Waals surface area contributed by atoms with Crippen LogP contribution < -0.4 is 5.32 Å². The monoisotopic (exact) mass is 281 g/mol. The first kappa shape index (κ1) is 14.8. The molecule has 3 aliphatic rings. The van der Waals surface area contributed by atoms with Crippen molar-refractivity contribution in [1.82, 2.24) is 5.32 Å². The fourth-order valence-corrected chi connectivity index (χ4v) is 4.40. The second-order valence-electron chi connectivity index (χ2n) is 7.07. The van der Waals surface area contributed by atoms with Crippen LogP contribution in [0.5, 0.6) is 0 Å². The minimum Gasteiger partial charge on any atom is -0.381 e. The van der Waals surface area contributed by atoms with Crippen LogP contribution in [0.3, 0.4) is 0 Å². The zero-order chi connectivity index (χ0) is 13.8. The zero-order valence-electron chi connectivity index (χ0n) is 13.0. The van der Waals surface area contributed by atoms with E-state index in [1.54, 1.807) is 0 Å². The minimum absolute atomic E-state index is 0.278. The standard InChI is InChI=1S/C17H31NO2/c1-2-9-18-16(14-4-10-19-11-5-14)15-6-12-20-17(13-15)7-3-8-17/h14-16,18H,2-13H2,1H3. The van der Waals surface area contributed by atoms with E-state index in [0.29, 0.717) is 6.04 Å². The van der Waals surface area contributed by atoms with Crippen molar-refractivity contribution >= 4 is 0 Å². The molecule has 3 nitrogen and oxygen atoms in total. The maximum absolute atomic E-state index is 6.12. The van der Waals surface area contributed by atoms with E-state index in [4.69, 9.17) is 9.47 Å². The molecular formula is C17H31NO2. The lowest BCUT2D eigenvalue weighted by Crippen LogP contribution is -2.53. The van der Waals surface area contributed by atoms with Gasteiger partial charge < -0.3 is 14.8 Å². The highest BCUT2D eigenvalue weighted by Crippen LogP contribution is 2.46.